The second kappa shape index (κ2) is 4.01. The Morgan fingerprint density at radius 3 is 2.79 bits per heavy atom. The van der Waals surface area contributed by atoms with Gasteiger partial charge >= 0.3 is 5.97 Å². The quantitative estimate of drug-likeness (QED) is 0.788. The second-order valence-corrected chi connectivity index (χ2v) is 4.47. The molecule has 0 saturated carbocycles. The Morgan fingerprint density at radius 2 is 2.11 bits per heavy atom. The van der Waals surface area contributed by atoms with Crippen LogP contribution in [0.25, 0.3) is 5.78 Å². The molecule has 8 heteroatoms. The maximum Gasteiger partial charge on any atom is 0.310 e. The lowest BCUT2D eigenvalue weighted by atomic mass is 9.99. The zero-order valence-electron chi connectivity index (χ0n) is 10.1. The molecule has 0 atom stereocenters. The summed E-state index contributed by atoms with van der Waals surface area (Å²) in [6.07, 6.45) is 2.82. The normalized spacial score (nSPS) is 15.5. The van der Waals surface area contributed by atoms with E-state index in [1.165, 1.54) is 21.9 Å². The highest BCUT2D eigenvalue weighted by molar-refractivity contribution is 5.96. The Balaban J connectivity index is 1.87. The van der Waals surface area contributed by atoms with Crippen molar-refractivity contribution in [3.05, 3.63) is 23.8 Å². The first-order valence-electron chi connectivity index (χ1n) is 5.75. The molecule has 1 N–H and O–H groups in total. The van der Waals surface area contributed by atoms with E-state index in [4.69, 9.17) is 5.11 Å². The molecule has 3 heterocycles. The van der Waals surface area contributed by atoms with Gasteiger partial charge < -0.3 is 10.0 Å². The molecule has 98 valence electrons. The third-order valence-corrected chi connectivity index (χ3v) is 3.29. The average Bonchev–Trinajstić information content (AvgIpc) is 2.75. The van der Waals surface area contributed by atoms with Crippen LogP contribution < -0.4 is 0 Å². The van der Waals surface area contributed by atoms with Crippen LogP contribution >= 0.6 is 0 Å². The molecular weight excluding hydrogens is 250 g/mol. The van der Waals surface area contributed by atoms with Crippen molar-refractivity contribution < 1.29 is 14.7 Å². The Hall–Kier alpha value is -2.51. The van der Waals surface area contributed by atoms with E-state index in [-0.39, 0.29) is 19.0 Å². The lowest BCUT2D eigenvalue weighted by molar-refractivity contribution is -0.146. The van der Waals surface area contributed by atoms with Gasteiger partial charge in [0.1, 0.15) is 6.33 Å². The van der Waals surface area contributed by atoms with E-state index in [0.29, 0.717) is 17.0 Å². The van der Waals surface area contributed by atoms with Crippen molar-refractivity contribution in [1.82, 2.24) is 24.5 Å². The molecule has 19 heavy (non-hydrogen) atoms. The molecule has 2 aromatic heterocycles. The molecule has 1 fully saturated rings. The van der Waals surface area contributed by atoms with Crippen molar-refractivity contribution in [3.63, 3.8) is 0 Å². The van der Waals surface area contributed by atoms with Gasteiger partial charge in [0.25, 0.3) is 11.7 Å². The summed E-state index contributed by atoms with van der Waals surface area (Å²) in [5.41, 5.74) is 1.06. The number of hydrogen-bond donors (Lipinski definition) is 1. The summed E-state index contributed by atoms with van der Waals surface area (Å²) in [6.45, 7) is 2.23. The minimum atomic E-state index is -0.870. The van der Waals surface area contributed by atoms with Gasteiger partial charge in [0, 0.05) is 19.3 Å². The van der Waals surface area contributed by atoms with Gasteiger partial charge in [-0.15, -0.1) is 0 Å². The molecule has 0 radical (unpaired) electrons. The van der Waals surface area contributed by atoms with Crippen molar-refractivity contribution in [2.45, 2.75) is 6.92 Å². The van der Waals surface area contributed by atoms with Gasteiger partial charge in [-0.05, 0) is 6.92 Å². The zero-order chi connectivity index (χ0) is 13.6. The Morgan fingerprint density at radius 1 is 1.37 bits per heavy atom. The summed E-state index contributed by atoms with van der Waals surface area (Å²) in [5, 5.41) is 12.8. The molecule has 0 bridgehead atoms. The van der Waals surface area contributed by atoms with Crippen LogP contribution in [0.3, 0.4) is 0 Å². The van der Waals surface area contributed by atoms with Crippen LogP contribution in [-0.4, -0.2) is 54.6 Å². The molecule has 8 nitrogen and oxygen atoms in total. The van der Waals surface area contributed by atoms with Crippen molar-refractivity contribution in [2.75, 3.05) is 13.1 Å². The van der Waals surface area contributed by atoms with Crippen LogP contribution in [-0.2, 0) is 4.79 Å². The molecule has 0 spiro atoms. The Bertz CT molecular complexity index is 674. The van der Waals surface area contributed by atoms with Crippen LogP contribution in [0.15, 0.2) is 12.5 Å². The number of aliphatic carboxylic acids is 1. The molecular formula is C11H11N5O3. The summed E-state index contributed by atoms with van der Waals surface area (Å²) in [6, 6.07) is 0. The van der Waals surface area contributed by atoms with Crippen molar-refractivity contribution in [3.8, 4) is 0 Å². The van der Waals surface area contributed by atoms with E-state index in [0.717, 1.165) is 0 Å². The van der Waals surface area contributed by atoms with Gasteiger partial charge in [-0.2, -0.15) is 10.1 Å². The lowest BCUT2D eigenvalue weighted by Crippen LogP contribution is -2.53. The summed E-state index contributed by atoms with van der Waals surface area (Å²) >= 11 is 0. The highest BCUT2D eigenvalue weighted by atomic mass is 16.4. The van der Waals surface area contributed by atoms with Crippen molar-refractivity contribution in [1.29, 1.82) is 0 Å². The minimum absolute atomic E-state index is 0.222. The van der Waals surface area contributed by atoms with Gasteiger partial charge in [-0.3, -0.25) is 9.59 Å². The van der Waals surface area contributed by atoms with Crippen molar-refractivity contribution in [2.24, 2.45) is 5.92 Å². The summed E-state index contributed by atoms with van der Waals surface area (Å²) in [4.78, 5) is 32.4. The first-order valence-corrected chi connectivity index (χ1v) is 5.75. The third-order valence-electron chi connectivity index (χ3n) is 3.29. The average molecular weight is 261 g/mol. The molecule has 1 amide bonds. The largest absolute Gasteiger partial charge is 0.481 e. The van der Waals surface area contributed by atoms with Gasteiger partial charge in [-0.25, -0.2) is 9.50 Å². The van der Waals surface area contributed by atoms with E-state index in [9.17, 15) is 9.59 Å². The summed E-state index contributed by atoms with van der Waals surface area (Å²) in [7, 11) is 0. The second-order valence-electron chi connectivity index (χ2n) is 4.47. The highest BCUT2D eigenvalue weighted by Crippen LogP contribution is 2.20. The molecule has 1 aliphatic rings. The smallest absolute Gasteiger partial charge is 0.310 e. The molecule has 1 saturated heterocycles. The first kappa shape index (κ1) is 11.6. The number of likely N-dealkylation sites (tertiary alicyclic amines) is 1. The number of fused-ring (bicyclic) bond motifs is 1. The first-order chi connectivity index (χ1) is 9.08. The SMILES string of the molecule is Cc1c(C(=O)N2CC(C(=O)O)C2)cnc2ncnn12. The standard InChI is InChI=1S/C11H11N5O3/c1-6-8(2-12-11-13-5-14-16(6)11)9(17)15-3-7(4-15)10(18)19/h2,5,7H,3-4H2,1H3,(H,18,19). The van der Waals surface area contributed by atoms with Gasteiger partial charge in [-0.1, -0.05) is 0 Å². The van der Waals surface area contributed by atoms with E-state index < -0.39 is 11.9 Å². The maximum absolute atomic E-state index is 12.2. The fourth-order valence-electron chi connectivity index (χ4n) is 2.07. The zero-order valence-corrected chi connectivity index (χ0v) is 10.1. The van der Waals surface area contributed by atoms with Crippen LogP contribution in [0.1, 0.15) is 16.1 Å². The minimum Gasteiger partial charge on any atom is -0.481 e. The van der Waals surface area contributed by atoms with Crippen LogP contribution in [0.2, 0.25) is 0 Å². The maximum atomic E-state index is 12.2. The molecule has 3 rings (SSSR count). The van der Waals surface area contributed by atoms with Crippen LogP contribution in [0, 0.1) is 12.8 Å². The van der Waals surface area contributed by atoms with Gasteiger partial charge in [0.2, 0.25) is 0 Å². The monoisotopic (exact) mass is 261 g/mol. The summed E-state index contributed by atoms with van der Waals surface area (Å²) in [5.74, 6) is -1.13. The molecule has 1 aliphatic heterocycles. The number of aromatic nitrogens is 4. The number of hydrogen-bond acceptors (Lipinski definition) is 5. The highest BCUT2D eigenvalue weighted by Gasteiger charge is 2.36. The Kier molecular flexibility index (Phi) is 2.44. The number of aryl methyl sites for hydroxylation is 1. The molecule has 0 unspecified atom stereocenters. The van der Waals surface area contributed by atoms with Gasteiger partial charge in [0.05, 0.1) is 17.2 Å². The number of carboxylic acids is 1. The van der Waals surface area contributed by atoms with E-state index in [1.807, 2.05) is 0 Å². The number of carboxylic acid groups (broad SMARTS) is 1. The topological polar surface area (TPSA) is 101 Å². The molecule has 0 aliphatic carbocycles. The molecule has 2 aromatic rings. The van der Waals surface area contributed by atoms with Gasteiger partial charge in [0.15, 0.2) is 0 Å². The number of nitrogens with zero attached hydrogens (tertiary/aromatic N) is 5. The van der Waals surface area contributed by atoms with E-state index in [2.05, 4.69) is 15.1 Å². The van der Waals surface area contributed by atoms with Crippen LogP contribution in [0.4, 0.5) is 0 Å². The number of amides is 1. The predicted octanol–water partition coefficient (Wildman–Crippen LogP) is -0.411. The third kappa shape index (κ3) is 1.72. The van der Waals surface area contributed by atoms with Crippen LogP contribution in [0.5, 0.6) is 0 Å². The van der Waals surface area contributed by atoms with E-state index >= 15 is 0 Å². The van der Waals surface area contributed by atoms with Crippen molar-refractivity contribution >= 4 is 17.7 Å². The fraction of sp³-hybridized carbons (Fsp3) is 0.364. The fourth-order valence-corrected chi connectivity index (χ4v) is 2.07. The van der Waals surface area contributed by atoms with E-state index in [1.54, 1.807) is 6.92 Å². The lowest BCUT2D eigenvalue weighted by Gasteiger charge is -2.36. The Labute approximate surface area is 107 Å². The summed E-state index contributed by atoms with van der Waals surface area (Å²) < 4.78 is 1.49. The number of carbonyl (C=O) groups excluding carboxylic acids is 1. The number of rotatable bonds is 2. The predicted molar refractivity (Wildman–Crippen MR) is 62.5 cm³/mol. The molecule has 0 aromatic carbocycles. The number of carbonyl (C=O) groups is 2.